The van der Waals surface area contributed by atoms with Crippen molar-refractivity contribution in [3.8, 4) is 0 Å². The van der Waals surface area contributed by atoms with E-state index in [1.165, 1.54) is 0 Å². The number of aliphatic carboxylic acids is 1. The van der Waals surface area contributed by atoms with Gasteiger partial charge in [-0.2, -0.15) is 0 Å². The van der Waals surface area contributed by atoms with Crippen LogP contribution in [0, 0.1) is 12.8 Å². The predicted octanol–water partition coefficient (Wildman–Crippen LogP) is 2.88. The Bertz CT molecular complexity index is 465. The van der Waals surface area contributed by atoms with Crippen molar-refractivity contribution in [2.45, 2.75) is 33.2 Å². The van der Waals surface area contributed by atoms with Gasteiger partial charge in [0, 0.05) is 16.6 Å². The highest BCUT2D eigenvalue weighted by Gasteiger charge is 2.20. The summed E-state index contributed by atoms with van der Waals surface area (Å²) in [6.45, 7) is 5.59. The summed E-state index contributed by atoms with van der Waals surface area (Å²) in [5.74, 6) is -1.19. The number of nitrogens with one attached hydrogen (secondary N) is 1. The lowest BCUT2D eigenvalue weighted by molar-refractivity contribution is -0.137. The van der Waals surface area contributed by atoms with Crippen molar-refractivity contribution in [1.29, 1.82) is 0 Å². The second kappa shape index (κ2) is 6.57. The molecule has 2 N–H and O–H groups in total. The molecule has 1 unspecified atom stereocenters. The largest absolute Gasteiger partial charge is 0.481 e. The highest BCUT2D eigenvalue weighted by Crippen LogP contribution is 2.15. The molecule has 0 fully saturated rings. The van der Waals surface area contributed by atoms with Crippen LogP contribution < -0.4 is 5.32 Å². The number of hydrogen-bond donors (Lipinski definition) is 2. The topological polar surface area (TPSA) is 66.4 Å². The Kier molecular flexibility index (Phi) is 5.36. The van der Waals surface area contributed by atoms with Gasteiger partial charge in [-0.25, -0.2) is 0 Å². The van der Waals surface area contributed by atoms with Crippen molar-refractivity contribution in [2.75, 3.05) is 0 Å². The van der Waals surface area contributed by atoms with Crippen molar-refractivity contribution in [1.82, 2.24) is 5.32 Å². The van der Waals surface area contributed by atoms with Gasteiger partial charge in [0.15, 0.2) is 0 Å². The van der Waals surface area contributed by atoms with Crippen molar-refractivity contribution in [3.05, 3.63) is 34.3 Å². The van der Waals surface area contributed by atoms with Gasteiger partial charge in [-0.15, -0.1) is 0 Å². The molecule has 0 bridgehead atoms. The number of carboxylic acids is 1. The second-order valence-corrected chi connectivity index (χ2v) is 5.38. The molecule has 1 aromatic rings. The van der Waals surface area contributed by atoms with Gasteiger partial charge in [0.25, 0.3) is 5.91 Å². The zero-order valence-electron chi connectivity index (χ0n) is 11.2. The first-order valence-corrected chi connectivity index (χ1v) is 6.47. The molecule has 0 saturated heterocycles. The molecule has 1 aromatic carbocycles. The van der Waals surface area contributed by atoms with Gasteiger partial charge in [0.1, 0.15) is 0 Å². The van der Waals surface area contributed by atoms with E-state index in [4.69, 9.17) is 16.7 Å². The lowest BCUT2D eigenvalue weighted by Crippen LogP contribution is -2.40. The van der Waals surface area contributed by atoms with Crippen LogP contribution in [0.1, 0.15) is 36.2 Å². The van der Waals surface area contributed by atoms with Gasteiger partial charge in [0.2, 0.25) is 0 Å². The fourth-order valence-corrected chi connectivity index (χ4v) is 2.05. The zero-order chi connectivity index (χ0) is 14.6. The minimum atomic E-state index is -0.929. The first-order chi connectivity index (χ1) is 8.79. The SMILES string of the molecule is Cc1cc(Cl)cc(C(=O)NC(CC(=O)O)C(C)C)c1. The average Bonchev–Trinajstić information content (AvgIpc) is 2.25. The van der Waals surface area contributed by atoms with Crippen LogP contribution in [0.2, 0.25) is 5.02 Å². The maximum absolute atomic E-state index is 12.1. The number of carbonyl (C=O) groups is 2. The number of carboxylic acid groups (broad SMARTS) is 1. The maximum atomic E-state index is 12.1. The quantitative estimate of drug-likeness (QED) is 0.873. The molecule has 5 heteroatoms. The van der Waals surface area contributed by atoms with Crippen LogP contribution >= 0.6 is 11.6 Å². The average molecular weight is 284 g/mol. The lowest BCUT2D eigenvalue weighted by Gasteiger charge is -2.20. The fraction of sp³-hybridized carbons (Fsp3) is 0.429. The number of amides is 1. The monoisotopic (exact) mass is 283 g/mol. The third-order valence-corrected chi connectivity index (χ3v) is 3.04. The van der Waals surface area contributed by atoms with Crippen LogP contribution in [0.5, 0.6) is 0 Å². The third-order valence-electron chi connectivity index (χ3n) is 2.82. The molecule has 0 aliphatic heterocycles. The molecule has 0 aliphatic rings. The molecule has 1 amide bonds. The Morgan fingerprint density at radius 3 is 2.42 bits per heavy atom. The molecular formula is C14H18ClNO3. The number of benzene rings is 1. The van der Waals surface area contributed by atoms with Crippen LogP contribution in [0.15, 0.2) is 18.2 Å². The highest BCUT2D eigenvalue weighted by atomic mass is 35.5. The molecule has 0 saturated carbocycles. The minimum Gasteiger partial charge on any atom is -0.481 e. The van der Waals surface area contributed by atoms with E-state index in [1.54, 1.807) is 18.2 Å². The molecule has 19 heavy (non-hydrogen) atoms. The number of hydrogen-bond acceptors (Lipinski definition) is 2. The molecular weight excluding hydrogens is 266 g/mol. The Hall–Kier alpha value is -1.55. The normalized spacial score (nSPS) is 12.3. The third kappa shape index (κ3) is 4.91. The summed E-state index contributed by atoms with van der Waals surface area (Å²) in [6.07, 6.45) is -0.0943. The lowest BCUT2D eigenvalue weighted by atomic mass is 10.0. The fourth-order valence-electron chi connectivity index (χ4n) is 1.76. The van der Waals surface area contributed by atoms with Crippen LogP contribution in [0.4, 0.5) is 0 Å². The van der Waals surface area contributed by atoms with E-state index in [9.17, 15) is 9.59 Å². The van der Waals surface area contributed by atoms with E-state index >= 15 is 0 Å². The van der Waals surface area contributed by atoms with Crippen molar-refractivity contribution in [2.24, 2.45) is 5.92 Å². The van der Waals surface area contributed by atoms with Crippen LogP contribution in [-0.4, -0.2) is 23.0 Å². The van der Waals surface area contributed by atoms with Crippen LogP contribution in [0.3, 0.4) is 0 Å². The van der Waals surface area contributed by atoms with E-state index in [0.717, 1.165) is 5.56 Å². The summed E-state index contributed by atoms with van der Waals surface area (Å²) in [5, 5.41) is 12.1. The summed E-state index contributed by atoms with van der Waals surface area (Å²) >= 11 is 5.90. The summed E-state index contributed by atoms with van der Waals surface area (Å²) in [5.41, 5.74) is 1.33. The summed E-state index contributed by atoms with van der Waals surface area (Å²) in [7, 11) is 0. The molecule has 1 rings (SSSR count). The van der Waals surface area contributed by atoms with Crippen molar-refractivity contribution in [3.63, 3.8) is 0 Å². The molecule has 4 nitrogen and oxygen atoms in total. The highest BCUT2D eigenvalue weighted by molar-refractivity contribution is 6.31. The molecule has 1 atom stereocenters. The summed E-state index contributed by atoms with van der Waals surface area (Å²) < 4.78 is 0. The van der Waals surface area contributed by atoms with Crippen molar-refractivity contribution >= 4 is 23.5 Å². The summed E-state index contributed by atoms with van der Waals surface area (Å²) in [4.78, 5) is 22.9. The number of aryl methyl sites for hydroxylation is 1. The molecule has 104 valence electrons. The summed E-state index contributed by atoms with van der Waals surface area (Å²) in [6, 6.07) is 4.65. The predicted molar refractivity (Wildman–Crippen MR) is 74.5 cm³/mol. The Balaban J connectivity index is 2.84. The zero-order valence-corrected chi connectivity index (χ0v) is 12.0. The molecule has 0 spiro atoms. The van der Waals surface area contributed by atoms with Gasteiger partial charge in [-0.05, 0) is 36.6 Å². The van der Waals surface area contributed by atoms with Gasteiger partial charge < -0.3 is 10.4 Å². The van der Waals surface area contributed by atoms with E-state index < -0.39 is 12.0 Å². The van der Waals surface area contributed by atoms with Crippen LogP contribution in [-0.2, 0) is 4.79 Å². The van der Waals surface area contributed by atoms with Gasteiger partial charge in [-0.1, -0.05) is 25.4 Å². The number of carbonyl (C=O) groups excluding carboxylic acids is 1. The van der Waals surface area contributed by atoms with Crippen LogP contribution in [0.25, 0.3) is 0 Å². The van der Waals surface area contributed by atoms with Gasteiger partial charge in [-0.3, -0.25) is 9.59 Å². The Morgan fingerprint density at radius 2 is 1.95 bits per heavy atom. The van der Waals surface area contributed by atoms with Crippen molar-refractivity contribution < 1.29 is 14.7 Å². The van der Waals surface area contributed by atoms with Gasteiger partial charge >= 0.3 is 5.97 Å². The second-order valence-electron chi connectivity index (χ2n) is 4.94. The van der Waals surface area contributed by atoms with Gasteiger partial charge in [0.05, 0.1) is 6.42 Å². The smallest absolute Gasteiger partial charge is 0.305 e. The molecule has 0 aromatic heterocycles. The maximum Gasteiger partial charge on any atom is 0.305 e. The number of rotatable bonds is 5. The van der Waals surface area contributed by atoms with E-state index in [2.05, 4.69) is 5.32 Å². The van der Waals surface area contributed by atoms with E-state index in [0.29, 0.717) is 10.6 Å². The molecule has 0 radical (unpaired) electrons. The van der Waals surface area contributed by atoms with E-state index in [1.807, 2.05) is 20.8 Å². The van der Waals surface area contributed by atoms with E-state index in [-0.39, 0.29) is 18.2 Å². The molecule has 0 aliphatic carbocycles. The first-order valence-electron chi connectivity index (χ1n) is 6.09. The molecule has 0 heterocycles. The Morgan fingerprint density at radius 1 is 1.32 bits per heavy atom. The standard InChI is InChI=1S/C14H18ClNO3/c1-8(2)12(7-13(17)18)16-14(19)10-4-9(3)5-11(15)6-10/h4-6,8,12H,7H2,1-3H3,(H,16,19)(H,17,18). The Labute approximate surface area is 117 Å². The minimum absolute atomic E-state index is 0.0420. The number of halogens is 1. The first kappa shape index (κ1) is 15.5.